The molecule has 1 rings (SSSR count). The molecule has 0 saturated carbocycles. The van der Waals surface area contributed by atoms with Gasteiger partial charge in [0.25, 0.3) is 0 Å². The number of likely N-dealkylation sites (N-methyl/N-ethyl adjacent to an activating group) is 1. The Bertz CT molecular complexity index is 437. The van der Waals surface area contributed by atoms with Crippen LogP contribution in [0.25, 0.3) is 0 Å². The molecule has 120 valence electrons. The average Bonchev–Trinajstić information content (AvgIpc) is 2.43. The molecular formula is C15H23F3N2O. The van der Waals surface area contributed by atoms with E-state index in [0.717, 1.165) is 6.42 Å². The van der Waals surface area contributed by atoms with Crippen LogP contribution in [-0.2, 0) is 0 Å². The maximum Gasteiger partial charge on any atom is 0.573 e. The van der Waals surface area contributed by atoms with Gasteiger partial charge in [0.05, 0.1) is 6.04 Å². The van der Waals surface area contributed by atoms with Crippen LogP contribution in [0.1, 0.15) is 38.8 Å². The zero-order valence-electron chi connectivity index (χ0n) is 12.7. The minimum Gasteiger partial charge on any atom is -0.405 e. The number of ether oxygens (including phenoxy) is 1. The number of benzene rings is 1. The van der Waals surface area contributed by atoms with Crippen molar-refractivity contribution in [1.29, 1.82) is 0 Å². The number of halogens is 3. The van der Waals surface area contributed by atoms with Crippen LogP contribution in [0.15, 0.2) is 24.3 Å². The first-order valence-electron chi connectivity index (χ1n) is 7.14. The third-order valence-electron chi connectivity index (χ3n) is 3.65. The number of rotatable bonds is 7. The smallest absolute Gasteiger partial charge is 0.405 e. The van der Waals surface area contributed by atoms with Crippen LogP contribution in [0.4, 0.5) is 13.2 Å². The van der Waals surface area contributed by atoms with Crippen molar-refractivity contribution >= 4 is 0 Å². The molecule has 0 bridgehead atoms. The second-order valence-electron chi connectivity index (χ2n) is 4.92. The molecule has 6 heteroatoms. The lowest BCUT2D eigenvalue weighted by atomic mass is 10.0. The van der Waals surface area contributed by atoms with Gasteiger partial charge in [-0.3, -0.25) is 4.90 Å². The number of alkyl halides is 3. The summed E-state index contributed by atoms with van der Waals surface area (Å²) in [5, 5.41) is 0. The summed E-state index contributed by atoms with van der Waals surface area (Å²) in [4.78, 5) is 2.10. The summed E-state index contributed by atoms with van der Waals surface area (Å²) >= 11 is 0. The van der Waals surface area contributed by atoms with Crippen molar-refractivity contribution in [2.24, 2.45) is 5.73 Å². The van der Waals surface area contributed by atoms with Crippen molar-refractivity contribution in [3.8, 4) is 5.75 Å². The van der Waals surface area contributed by atoms with Crippen molar-refractivity contribution in [3.63, 3.8) is 0 Å². The molecule has 0 aliphatic heterocycles. The van der Waals surface area contributed by atoms with Crippen molar-refractivity contribution in [1.82, 2.24) is 4.90 Å². The molecular weight excluding hydrogens is 281 g/mol. The molecule has 3 nitrogen and oxygen atoms in total. The Morgan fingerprint density at radius 3 is 2.33 bits per heavy atom. The highest BCUT2D eigenvalue weighted by molar-refractivity contribution is 5.36. The Morgan fingerprint density at radius 2 is 1.86 bits per heavy atom. The number of hydrogen-bond donors (Lipinski definition) is 1. The fourth-order valence-corrected chi connectivity index (χ4v) is 2.49. The predicted octanol–water partition coefficient (Wildman–Crippen LogP) is 3.71. The molecule has 2 N–H and O–H groups in total. The van der Waals surface area contributed by atoms with E-state index < -0.39 is 6.36 Å². The standard InChI is InChI=1S/C15H23F3N2O/c1-4-11(3)20(5-2)13(10-19)12-8-6-7-9-14(12)21-15(16,17)18/h6-9,11,13H,4-5,10,19H2,1-3H3. The SMILES string of the molecule is CCC(C)N(CC)C(CN)c1ccccc1OC(F)(F)F. The molecule has 0 spiro atoms. The summed E-state index contributed by atoms with van der Waals surface area (Å²) in [6.45, 7) is 6.99. The van der Waals surface area contributed by atoms with Crippen LogP contribution < -0.4 is 10.5 Å². The molecule has 1 aromatic carbocycles. The number of nitrogens with two attached hydrogens (primary N) is 1. The first-order valence-corrected chi connectivity index (χ1v) is 7.14. The maximum absolute atomic E-state index is 12.5. The first kappa shape index (κ1) is 17.8. The number of para-hydroxylation sites is 1. The summed E-state index contributed by atoms with van der Waals surface area (Å²) in [6.07, 6.45) is -3.81. The minimum atomic E-state index is -4.71. The van der Waals surface area contributed by atoms with Gasteiger partial charge in [-0.05, 0) is 26.0 Å². The topological polar surface area (TPSA) is 38.5 Å². The van der Waals surface area contributed by atoms with E-state index in [1.165, 1.54) is 12.1 Å². The molecule has 2 atom stereocenters. The molecule has 1 aromatic rings. The van der Waals surface area contributed by atoms with Gasteiger partial charge < -0.3 is 10.5 Å². The summed E-state index contributed by atoms with van der Waals surface area (Å²) in [5.41, 5.74) is 6.30. The molecule has 0 saturated heterocycles. The van der Waals surface area contributed by atoms with Gasteiger partial charge in [-0.2, -0.15) is 0 Å². The minimum absolute atomic E-state index is 0.179. The quantitative estimate of drug-likeness (QED) is 0.834. The fourth-order valence-electron chi connectivity index (χ4n) is 2.49. The number of nitrogens with zero attached hydrogens (tertiary/aromatic N) is 1. The van der Waals surface area contributed by atoms with Gasteiger partial charge in [0.15, 0.2) is 0 Å². The third-order valence-corrected chi connectivity index (χ3v) is 3.65. The highest BCUT2D eigenvalue weighted by atomic mass is 19.4. The van der Waals surface area contributed by atoms with E-state index in [9.17, 15) is 13.2 Å². The van der Waals surface area contributed by atoms with Crippen LogP contribution in [0.5, 0.6) is 5.75 Å². The molecule has 0 radical (unpaired) electrons. The Labute approximate surface area is 123 Å². The van der Waals surface area contributed by atoms with Gasteiger partial charge in [-0.25, -0.2) is 0 Å². The van der Waals surface area contributed by atoms with Gasteiger partial charge in [-0.15, -0.1) is 13.2 Å². The van der Waals surface area contributed by atoms with Gasteiger partial charge >= 0.3 is 6.36 Å². The molecule has 21 heavy (non-hydrogen) atoms. The highest BCUT2D eigenvalue weighted by Gasteiger charge is 2.33. The van der Waals surface area contributed by atoms with E-state index in [1.54, 1.807) is 12.1 Å². The van der Waals surface area contributed by atoms with E-state index in [2.05, 4.69) is 9.64 Å². The first-order chi connectivity index (χ1) is 9.84. The second-order valence-corrected chi connectivity index (χ2v) is 4.92. The lowest BCUT2D eigenvalue weighted by Crippen LogP contribution is -2.40. The molecule has 2 unspecified atom stereocenters. The van der Waals surface area contributed by atoms with Gasteiger partial charge in [0.2, 0.25) is 0 Å². The lowest BCUT2D eigenvalue weighted by Gasteiger charge is -2.35. The van der Waals surface area contributed by atoms with Crippen LogP contribution >= 0.6 is 0 Å². The summed E-state index contributed by atoms with van der Waals surface area (Å²) in [6, 6.07) is 6.12. The van der Waals surface area contributed by atoms with Crippen LogP contribution in [-0.4, -0.2) is 30.4 Å². The van der Waals surface area contributed by atoms with Gasteiger partial charge in [0, 0.05) is 18.2 Å². The highest BCUT2D eigenvalue weighted by Crippen LogP contribution is 2.33. The molecule has 0 aromatic heterocycles. The maximum atomic E-state index is 12.5. The van der Waals surface area contributed by atoms with Crippen molar-refractivity contribution in [2.75, 3.05) is 13.1 Å². The van der Waals surface area contributed by atoms with E-state index in [0.29, 0.717) is 12.1 Å². The zero-order valence-corrected chi connectivity index (χ0v) is 12.7. The monoisotopic (exact) mass is 304 g/mol. The summed E-state index contributed by atoms with van der Waals surface area (Å²) in [7, 11) is 0. The predicted molar refractivity (Wildman–Crippen MR) is 77.1 cm³/mol. The second kappa shape index (κ2) is 7.66. The van der Waals surface area contributed by atoms with Gasteiger partial charge in [-0.1, -0.05) is 32.0 Å². The molecule has 0 aliphatic rings. The van der Waals surface area contributed by atoms with E-state index in [4.69, 9.17) is 5.73 Å². The molecule has 0 aliphatic carbocycles. The van der Waals surface area contributed by atoms with Crippen LogP contribution in [0, 0.1) is 0 Å². The molecule has 0 heterocycles. The zero-order chi connectivity index (χ0) is 16.0. The largest absolute Gasteiger partial charge is 0.573 e. The normalized spacial score (nSPS) is 15.0. The fraction of sp³-hybridized carbons (Fsp3) is 0.600. The van der Waals surface area contributed by atoms with Crippen molar-refractivity contribution in [3.05, 3.63) is 29.8 Å². The third kappa shape index (κ3) is 4.89. The Kier molecular flexibility index (Phi) is 6.48. The van der Waals surface area contributed by atoms with Crippen LogP contribution in [0.2, 0.25) is 0 Å². The Hall–Kier alpha value is -1.27. The van der Waals surface area contributed by atoms with Crippen molar-refractivity contribution in [2.45, 2.75) is 45.6 Å². The van der Waals surface area contributed by atoms with Gasteiger partial charge in [0.1, 0.15) is 5.75 Å². The molecule has 0 amide bonds. The lowest BCUT2D eigenvalue weighted by molar-refractivity contribution is -0.275. The summed E-state index contributed by atoms with van der Waals surface area (Å²) < 4.78 is 41.7. The Morgan fingerprint density at radius 1 is 1.24 bits per heavy atom. The van der Waals surface area contributed by atoms with Crippen molar-refractivity contribution < 1.29 is 17.9 Å². The average molecular weight is 304 g/mol. The molecule has 0 fully saturated rings. The Balaban J connectivity index is 3.15. The van der Waals surface area contributed by atoms with Crippen LogP contribution in [0.3, 0.4) is 0 Å². The van der Waals surface area contributed by atoms with E-state index in [-0.39, 0.29) is 24.4 Å². The van der Waals surface area contributed by atoms with E-state index >= 15 is 0 Å². The van der Waals surface area contributed by atoms with E-state index in [1.807, 2.05) is 20.8 Å². The number of hydrogen-bond acceptors (Lipinski definition) is 3. The summed E-state index contributed by atoms with van der Waals surface area (Å²) in [5.74, 6) is -0.179.